The Labute approximate surface area is 260 Å². The number of nitrogens with one attached hydrogen (secondary N) is 1. The van der Waals surface area contributed by atoms with E-state index in [1.54, 1.807) is 25.1 Å². The number of piperidine rings is 1. The van der Waals surface area contributed by atoms with Gasteiger partial charge in [-0.3, -0.25) is 4.79 Å². The molecule has 0 unspecified atom stereocenters. The van der Waals surface area contributed by atoms with Crippen LogP contribution < -0.4 is 14.5 Å². The van der Waals surface area contributed by atoms with Crippen molar-refractivity contribution in [2.75, 3.05) is 36.5 Å². The first-order chi connectivity index (χ1) is 21.6. The standard InChI is InChI=1S/C32H33F2N5O5S/c1-22-3-10-31(28(34)17-22)45(41,42)39(44-21-40)26-7-5-25(6-8-26)37-32-19-29(35-20-36-32)24-4-9-30(27(33)18-24)43-16-13-23-11-14-38(2)15-12-23/h3-10,17-21,23H,11-16H2,1-2H3,(H,35,36,37). The van der Waals surface area contributed by atoms with E-state index in [9.17, 15) is 22.0 Å². The molecule has 0 saturated carbocycles. The number of halogens is 2. The van der Waals surface area contributed by atoms with Crippen LogP contribution in [0.3, 0.4) is 0 Å². The Kier molecular flexibility index (Phi) is 9.89. The minimum atomic E-state index is -4.57. The van der Waals surface area contributed by atoms with E-state index in [1.165, 1.54) is 42.7 Å². The summed E-state index contributed by atoms with van der Waals surface area (Å²) in [5.74, 6) is -0.285. The maximum absolute atomic E-state index is 14.9. The molecule has 2 heterocycles. The Morgan fingerprint density at radius 3 is 2.44 bits per heavy atom. The number of aryl methyl sites for hydroxylation is 1. The number of carbonyl (C=O) groups excluding carboxylic acids is 1. The molecule has 1 fully saturated rings. The van der Waals surface area contributed by atoms with Crippen LogP contribution in [0.1, 0.15) is 24.8 Å². The van der Waals surface area contributed by atoms with Gasteiger partial charge in [0.15, 0.2) is 11.6 Å². The van der Waals surface area contributed by atoms with Crippen molar-refractivity contribution in [1.29, 1.82) is 0 Å². The van der Waals surface area contributed by atoms with Gasteiger partial charge in [0, 0.05) is 17.3 Å². The van der Waals surface area contributed by atoms with Gasteiger partial charge in [-0.05, 0) is 112 Å². The molecule has 1 N–H and O–H groups in total. The third kappa shape index (κ3) is 7.73. The summed E-state index contributed by atoms with van der Waals surface area (Å²) < 4.78 is 61.7. The summed E-state index contributed by atoms with van der Waals surface area (Å²) >= 11 is 0. The summed E-state index contributed by atoms with van der Waals surface area (Å²) in [6.45, 7) is 4.17. The van der Waals surface area contributed by atoms with Crippen molar-refractivity contribution < 1.29 is 31.6 Å². The number of likely N-dealkylation sites (tertiary alicyclic amines) is 1. The molecule has 13 heteroatoms. The molecule has 236 valence electrons. The van der Waals surface area contributed by atoms with Crippen molar-refractivity contribution in [3.05, 3.63) is 90.3 Å². The average molecular weight is 638 g/mol. The number of rotatable bonds is 12. The quantitative estimate of drug-likeness (QED) is 0.151. The predicted octanol–water partition coefficient (Wildman–Crippen LogP) is 5.87. The van der Waals surface area contributed by atoms with Crippen LogP contribution in [0.2, 0.25) is 0 Å². The topological polar surface area (TPSA) is 114 Å². The molecule has 0 atom stereocenters. The zero-order valence-corrected chi connectivity index (χ0v) is 25.6. The van der Waals surface area contributed by atoms with Crippen LogP contribution in [0.5, 0.6) is 5.75 Å². The molecule has 1 saturated heterocycles. The number of benzene rings is 3. The zero-order chi connectivity index (χ0) is 32.0. The molecule has 0 bridgehead atoms. The second-order valence-electron chi connectivity index (χ2n) is 10.9. The fourth-order valence-electron chi connectivity index (χ4n) is 5.06. The van der Waals surface area contributed by atoms with Crippen LogP contribution in [-0.2, 0) is 19.7 Å². The summed E-state index contributed by atoms with van der Waals surface area (Å²) in [6.07, 6.45) is 4.47. The van der Waals surface area contributed by atoms with Gasteiger partial charge in [-0.15, -0.1) is 0 Å². The summed E-state index contributed by atoms with van der Waals surface area (Å²) in [5, 5.41) is 3.07. The molecule has 1 aromatic heterocycles. The van der Waals surface area contributed by atoms with Gasteiger partial charge in [0.2, 0.25) is 0 Å². The molecular formula is C32H33F2N5O5S. The van der Waals surface area contributed by atoms with Crippen LogP contribution >= 0.6 is 0 Å². The van der Waals surface area contributed by atoms with Gasteiger partial charge in [-0.2, -0.15) is 8.42 Å². The van der Waals surface area contributed by atoms with Crippen molar-refractivity contribution in [3.63, 3.8) is 0 Å². The maximum atomic E-state index is 14.9. The lowest BCUT2D eigenvalue weighted by molar-refractivity contribution is -0.128. The van der Waals surface area contributed by atoms with Crippen molar-refractivity contribution in [2.45, 2.75) is 31.1 Å². The number of nitrogens with zero attached hydrogens (tertiary/aromatic N) is 4. The highest BCUT2D eigenvalue weighted by atomic mass is 32.2. The van der Waals surface area contributed by atoms with Crippen molar-refractivity contribution >= 4 is 33.7 Å². The summed E-state index contributed by atoms with van der Waals surface area (Å²) in [5.41, 5.74) is 2.00. The number of sulfonamides is 1. The fraction of sp³-hybridized carbons (Fsp3) is 0.281. The highest BCUT2D eigenvalue weighted by Crippen LogP contribution is 2.30. The molecule has 0 amide bonds. The minimum Gasteiger partial charge on any atom is -0.491 e. The lowest BCUT2D eigenvalue weighted by atomic mass is 9.94. The van der Waals surface area contributed by atoms with Crippen LogP contribution in [0, 0.1) is 24.5 Å². The van der Waals surface area contributed by atoms with Crippen molar-refractivity contribution in [1.82, 2.24) is 14.9 Å². The average Bonchev–Trinajstić information content (AvgIpc) is 3.02. The Morgan fingerprint density at radius 1 is 1.00 bits per heavy atom. The lowest BCUT2D eigenvalue weighted by Gasteiger charge is -2.28. The molecule has 1 aliphatic heterocycles. The van der Waals surface area contributed by atoms with E-state index in [1.807, 2.05) is 0 Å². The number of hydrogen-bond acceptors (Lipinski definition) is 9. The van der Waals surface area contributed by atoms with E-state index in [2.05, 4.69) is 27.2 Å². The summed E-state index contributed by atoms with van der Waals surface area (Å²) in [4.78, 5) is 26.0. The van der Waals surface area contributed by atoms with E-state index in [0.717, 1.165) is 44.5 Å². The molecule has 0 aliphatic carbocycles. The number of hydrogen-bond donors (Lipinski definition) is 1. The number of ether oxygens (including phenoxy) is 1. The Morgan fingerprint density at radius 2 is 1.76 bits per heavy atom. The monoisotopic (exact) mass is 637 g/mol. The lowest BCUT2D eigenvalue weighted by Crippen LogP contribution is -2.31. The first-order valence-corrected chi connectivity index (χ1v) is 15.8. The van der Waals surface area contributed by atoms with Gasteiger partial charge in [-0.25, -0.2) is 18.7 Å². The zero-order valence-electron chi connectivity index (χ0n) is 24.8. The molecular weight excluding hydrogens is 604 g/mol. The van der Waals surface area contributed by atoms with E-state index < -0.39 is 26.6 Å². The largest absolute Gasteiger partial charge is 0.491 e. The van der Waals surface area contributed by atoms with Crippen molar-refractivity contribution in [2.24, 2.45) is 5.92 Å². The van der Waals surface area contributed by atoms with Crippen LogP contribution in [0.15, 0.2) is 78.0 Å². The van der Waals surface area contributed by atoms with Crippen LogP contribution in [0.4, 0.5) is 26.0 Å². The fourth-order valence-corrected chi connectivity index (χ4v) is 6.33. The maximum Gasteiger partial charge on any atom is 0.322 e. The molecule has 45 heavy (non-hydrogen) atoms. The van der Waals surface area contributed by atoms with Gasteiger partial charge in [0.05, 0.1) is 18.0 Å². The Hall–Kier alpha value is -4.62. The van der Waals surface area contributed by atoms with Crippen LogP contribution in [0.25, 0.3) is 11.3 Å². The molecule has 5 rings (SSSR count). The first kappa shape index (κ1) is 31.8. The highest BCUT2D eigenvalue weighted by molar-refractivity contribution is 7.92. The molecule has 1 aliphatic rings. The van der Waals surface area contributed by atoms with Gasteiger partial charge in [0.25, 0.3) is 10.0 Å². The predicted molar refractivity (Wildman–Crippen MR) is 165 cm³/mol. The van der Waals surface area contributed by atoms with E-state index >= 15 is 0 Å². The van der Waals surface area contributed by atoms with Gasteiger partial charge in [-0.1, -0.05) is 10.5 Å². The number of aromatic nitrogens is 2. The first-order valence-electron chi connectivity index (χ1n) is 14.4. The normalized spacial score (nSPS) is 14.1. The molecule has 3 aromatic carbocycles. The van der Waals surface area contributed by atoms with Crippen LogP contribution in [-0.4, -0.2) is 56.5 Å². The molecule has 0 radical (unpaired) electrons. The van der Waals surface area contributed by atoms with Gasteiger partial charge >= 0.3 is 6.47 Å². The number of anilines is 3. The molecule has 10 nitrogen and oxygen atoms in total. The summed E-state index contributed by atoms with van der Waals surface area (Å²) in [6, 6.07) is 15.7. The second-order valence-corrected chi connectivity index (χ2v) is 12.6. The smallest absolute Gasteiger partial charge is 0.322 e. The van der Waals surface area contributed by atoms with E-state index in [0.29, 0.717) is 45.3 Å². The SMILES string of the molecule is Cc1ccc(S(=O)(=O)N(OC=O)c2ccc(Nc3cc(-c4ccc(OCCC5CCN(C)CC5)c(F)c4)ncn3)cc2)c(F)c1. The Balaban J connectivity index is 1.25. The molecule has 0 spiro atoms. The summed E-state index contributed by atoms with van der Waals surface area (Å²) in [7, 11) is -2.45. The van der Waals surface area contributed by atoms with E-state index in [-0.39, 0.29) is 17.9 Å². The highest BCUT2D eigenvalue weighted by Gasteiger charge is 2.30. The Bertz CT molecular complexity index is 1750. The van der Waals surface area contributed by atoms with Gasteiger partial charge in [0.1, 0.15) is 22.9 Å². The van der Waals surface area contributed by atoms with Crippen molar-refractivity contribution in [3.8, 4) is 17.0 Å². The minimum absolute atomic E-state index is 0.0415. The molecule has 4 aromatic rings. The third-order valence-electron chi connectivity index (χ3n) is 7.59. The van der Waals surface area contributed by atoms with Gasteiger partial charge < -0.3 is 19.8 Å². The third-order valence-corrected chi connectivity index (χ3v) is 9.21. The second kappa shape index (κ2) is 14.0. The van der Waals surface area contributed by atoms with E-state index in [4.69, 9.17) is 9.57 Å². The number of carbonyl (C=O) groups is 1.